The first-order chi connectivity index (χ1) is 9.24. The summed E-state index contributed by atoms with van der Waals surface area (Å²) in [6, 6.07) is 4.26. The Kier molecular flexibility index (Phi) is 3.51. The molecule has 0 spiro atoms. The van der Waals surface area contributed by atoms with Crippen molar-refractivity contribution in [1.29, 1.82) is 0 Å². The maximum absolute atomic E-state index is 4.58. The lowest BCUT2D eigenvalue weighted by Crippen LogP contribution is -2.18. The molecule has 0 unspecified atom stereocenters. The zero-order valence-electron chi connectivity index (χ0n) is 11.5. The summed E-state index contributed by atoms with van der Waals surface area (Å²) in [5.41, 5.74) is 1.12. The van der Waals surface area contributed by atoms with Gasteiger partial charge in [0.2, 0.25) is 0 Å². The highest BCUT2D eigenvalue weighted by atomic mass is 32.1. The third-order valence-corrected chi connectivity index (χ3v) is 4.86. The van der Waals surface area contributed by atoms with E-state index in [0.717, 1.165) is 29.5 Å². The number of hydrogen-bond acceptors (Lipinski definition) is 4. The summed E-state index contributed by atoms with van der Waals surface area (Å²) in [6.07, 6.45) is 6.51. The van der Waals surface area contributed by atoms with Crippen molar-refractivity contribution in [1.82, 2.24) is 9.97 Å². The number of anilines is 1. The van der Waals surface area contributed by atoms with Crippen molar-refractivity contribution in [2.45, 2.75) is 32.6 Å². The standard InChI is InChI=1S/C15H19N3S/c1-11(2)13-10-17-15(19-13)12-5-6-14(16-9-12)18-7-3-4-8-18/h5-6,9-11H,3-4,7-8H2,1-2H3. The largest absolute Gasteiger partial charge is 0.357 e. The van der Waals surface area contributed by atoms with Crippen molar-refractivity contribution in [3.05, 3.63) is 29.4 Å². The van der Waals surface area contributed by atoms with Gasteiger partial charge in [-0.2, -0.15) is 0 Å². The molecular formula is C15H19N3S. The van der Waals surface area contributed by atoms with Crippen molar-refractivity contribution in [2.24, 2.45) is 0 Å². The molecule has 1 aliphatic heterocycles. The number of nitrogens with zero attached hydrogens (tertiary/aromatic N) is 3. The molecule has 0 aliphatic carbocycles. The number of pyridine rings is 1. The SMILES string of the molecule is CC(C)c1cnc(-c2ccc(N3CCCC3)nc2)s1. The van der Waals surface area contributed by atoms with Gasteiger partial charge in [-0.15, -0.1) is 11.3 Å². The van der Waals surface area contributed by atoms with Gasteiger partial charge in [0.25, 0.3) is 0 Å². The molecule has 1 saturated heterocycles. The Bertz CT molecular complexity index is 539. The summed E-state index contributed by atoms with van der Waals surface area (Å²) in [6.45, 7) is 6.68. The van der Waals surface area contributed by atoms with Crippen LogP contribution in [0, 0.1) is 0 Å². The smallest absolute Gasteiger partial charge is 0.128 e. The van der Waals surface area contributed by atoms with E-state index in [2.05, 4.69) is 40.8 Å². The fourth-order valence-electron chi connectivity index (χ4n) is 2.33. The quantitative estimate of drug-likeness (QED) is 0.848. The monoisotopic (exact) mass is 273 g/mol. The van der Waals surface area contributed by atoms with E-state index < -0.39 is 0 Å². The van der Waals surface area contributed by atoms with Crippen molar-refractivity contribution >= 4 is 17.2 Å². The second-order valence-electron chi connectivity index (χ2n) is 5.32. The number of hydrogen-bond donors (Lipinski definition) is 0. The van der Waals surface area contributed by atoms with Crippen LogP contribution in [0.2, 0.25) is 0 Å². The van der Waals surface area contributed by atoms with E-state index >= 15 is 0 Å². The van der Waals surface area contributed by atoms with Gasteiger partial charge in [-0.3, -0.25) is 0 Å². The van der Waals surface area contributed by atoms with Crippen LogP contribution in [-0.4, -0.2) is 23.1 Å². The van der Waals surface area contributed by atoms with Crippen molar-refractivity contribution in [3.63, 3.8) is 0 Å². The molecule has 0 amide bonds. The molecule has 2 aromatic heterocycles. The predicted molar refractivity (Wildman–Crippen MR) is 80.9 cm³/mol. The molecule has 0 saturated carbocycles. The summed E-state index contributed by atoms with van der Waals surface area (Å²) in [7, 11) is 0. The van der Waals surface area contributed by atoms with Crippen LogP contribution in [0.1, 0.15) is 37.5 Å². The Morgan fingerprint density at radius 1 is 1.11 bits per heavy atom. The summed E-state index contributed by atoms with van der Waals surface area (Å²) in [5, 5.41) is 1.07. The number of aromatic nitrogens is 2. The maximum atomic E-state index is 4.58. The summed E-state index contributed by atoms with van der Waals surface area (Å²) < 4.78 is 0. The van der Waals surface area contributed by atoms with Crippen LogP contribution in [0.5, 0.6) is 0 Å². The van der Waals surface area contributed by atoms with E-state index in [1.165, 1.54) is 17.7 Å². The van der Waals surface area contributed by atoms with Crippen molar-refractivity contribution < 1.29 is 0 Å². The van der Waals surface area contributed by atoms with Gasteiger partial charge in [0.05, 0.1) is 0 Å². The van der Waals surface area contributed by atoms with E-state index in [-0.39, 0.29) is 0 Å². The van der Waals surface area contributed by atoms with E-state index in [0.29, 0.717) is 5.92 Å². The molecule has 100 valence electrons. The Labute approximate surface area is 118 Å². The predicted octanol–water partition coefficient (Wildman–Crippen LogP) is 3.93. The van der Waals surface area contributed by atoms with Gasteiger partial charge in [0.1, 0.15) is 10.8 Å². The van der Waals surface area contributed by atoms with Crippen molar-refractivity contribution in [3.8, 4) is 10.6 Å². The zero-order valence-corrected chi connectivity index (χ0v) is 12.3. The molecule has 0 atom stereocenters. The Balaban J connectivity index is 1.81. The molecule has 4 heteroatoms. The molecule has 0 N–H and O–H groups in total. The normalized spacial score (nSPS) is 15.4. The fourth-order valence-corrected chi connectivity index (χ4v) is 3.24. The lowest BCUT2D eigenvalue weighted by atomic mass is 10.2. The minimum Gasteiger partial charge on any atom is -0.357 e. The first-order valence-corrected chi connectivity index (χ1v) is 7.73. The minimum absolute atomic E-state index is 0.545. The summed E-state index contributed by atoms with van der Waals surface area (Å²) in [5.74, 6) is 1.64. The lowest BCUT2D eigenvalue weighted by molar-refractivity contribution is 0.885. The van der Waals surface area contributed by atoms with Crippen LogP contribution in [0.4, 0.5) is 5.82 Å². The molecule has 3 rings (SSSR count). The molecule has 3 nitrogen and oxygen atoms in total. The van der Waals surface area contributed by atoms with Gasteiger partial charge < -0.3 is 4.90 Å². The molecule has 19 heavy (non-hydrogen) atoms. The zero-order chi connectivity index (χ0) is 13.2. The van der Waals surface area contributed by atoms with E-state index in [1.807, 2.05) is 12.4 Å². The van der Waals surface area contributed by atoms with Crippen molar-refractivity contribution in [2.75, 3.05) is 18.0 Å². The van der Waals surface area contributed by atoms with Crippen LogP contribution in [0.15, 0.2) is 24.5 Å². The molecule has 0 radical (unpaired) electrons. The van der Waals surface area contributed by atoms with Crippen LogP contribution in [0.25, 0.3) is 10.6 Å². The van der Waals surface area contributed by atoms with E-state index in [9.17, 15) is 0 Å². The lowest BCUT2D eigenvalue weighted by Gasteiger charge is -2.15. The van der Waals surface area contributed by atoms with Gasteiger partial charge in [0, 0.05) is 35.9 Å². The minimum atomic E-state index is 0.545. The second kappa shape index (κ2) is 5.29. The molecule has 2 aromatic rings. The first kappa shape index (κ1) is 12.6. The second-order valence-corrected chi connectivity index (χ2v) is 6.38. The maximum Gasteiger partial charge on any atom is 0.128 e. The number of rotatable bonds is 3. The fraction of sp³-hybridized carbons (Fsp3) is 0.467. The van der Waals surface area contributed by atoms with Crippen LogP contribution in [-0.2, 0) is 0 Å². The highest BCUT2D eigenvalue weighted by Gasteiger charge is 2.14. The Morgan fingerprint density at radius 2 is 1.89 bits per heavy atom. The number of thiazole rings is 1. The summed E-state index contributed by atoms with van der Waals surface area (Å²) in [4.78, 5) is 12.8. The Morgan fingerprint density at radius 3 is 2.47 bits per heavy atom. The third kappa shape index (κ3) is 2.63. The van der Waals surface area contributed by atoms with Gasteiger partial charge in [-0.25, -0.2) is 9.97 Å². The van der Waals surface area contributed by atoms with E-state index in [1.54, 1.807) is 11.3 Å². The molecule has 0 bridgehead atoms. The highest BCUT2D eigenvalue weighted by molar-refractivity contribution is 7.15. The van der Waals surface area contributed by atoms with Crippen LogP contribution < -0.4 is 4.90 Å². The van der Waals surface area contributed by atoms with Crippen LogP contribution >= 0.6 is 11.3 Å². The average Bonchev–Trinajstić information content (AvgIpc) is 3.11. The van der Waals surface area contributed by atoms with Crippen LogP contribution in [0.3, 0.4) is 0 Å². The van der Waals surface area contributed by atoms with Gasteiger partial charge >= 0.3 is 0 Å². The molecular weight excluding hydrogens is 254 g/mol. The molecule has 3 heterocycles. The Hall–Kier alpha value is -1.42. The molecule has 0 aromatic carbocycles. The molecule has 1 aliphatic rings. The van der Waals surface area contributed by atoms with Gasteiger partial charge in [-0.1, -0.05) is 13.8 Å². The third-order valence-electron chi connectivity index (χ3n) is 3.52. The van der Waals surface area contributed by atoms with E-state index in [4.69, 9.17) is 0 Å². The van der Waals surface area contributed by atoms with Gasteiger partial charge in [-0.05, 0) is 30.9 Å². The van der Waals surface area contributed by atoms with Gasteiger partial charge in [0.15, 0.2) is 0 Å². The average molecular weight is 273 g/mol. The first-order valence-electron chi connectivity index (χ1n) is 6.91. The highest BCUT2D eigenvalue weighted by Crippen LogP contribution is 2.30. The summed E-state index contributed by atoms with van der Waals surface area (Å²) >= 11 is 1.77. The molecule has 1 fully saturated rings. The topological polar surface area (TPSA) is 29.0 Å².